The Balaban J connectivity index is 1.93. The van der Waals surface area contributed by atoms with E-state index in [9.17, 15) is 8.78 Å². The highest BCUT2D eigenvalue weighted by atomic mass is 19.1. The van der Waals surface area contributed by atoms with E-state index in [1.54, 1.807) is 13.3 Å². The van der Waals surface area contributed by atoms with Crippen LogP contribution in [0.15, 0.2) is 12.3 Å². The zero-order valence-electron chi connectivity index (χ0n) is 18.0. The van der Waals surface area contributed by atoms with Crippen molar-refractivity contribution in [2.45, 2.75) is 19.1 Å². The summed E-state index contributed by atoms with van der Waals surface area (Å²) in [5.41, 5.74) is 7.52. The molecule has 1 atom stereocenters. The molecule has 3 aromatic rings. The van der Waals surface area contributed by atoms with Crippen LogP contribution in [-0.4, -0.2) is 49.2 Å². The van der Waals surface area contributed by atoms with Crippen molar-refractivity contribution >= 4 is 16.7 Å². The van der Waals surface area contributed by atoms with Crippen molar-refractivity contribution in [1.82, 2.24) is 20.1 Å². The van der Waals surface area contributed by atoms with Crippen LogP contribution in [-0.2, 0) is 11.3 Å². The minimum atomic E-state index is -0.923. The molecule has 0 bridgehead atoms. The summed E-state index contributed by atoms with van der Waals surface area (Å²) < 4.78 is 46.6. The second-order valence-electron chi connectivity index (χ2n) is 7.30. The van der Waals surface area contributed by atoms with Gasteiger partial charge in [0.05, 0.1) is 37.8 Å². The molecule has 0 aliphatic carbocycles. The Bertz CT molecular complexity index is 1200. The minimum Gasteiger partial charge on any atom is -0.493 e. The Kier molecular flexibility index (Phi) is 6.12. The Morgan fingerprint density at radius 2 is 1.91 bits per heavy atom. The van der Waals surface area contributed by atoms with E-state index in [0.29, 0.717) is 12.0 Å². The lowest BCUT2D eigenvalue weighted by atomic mass is 10.1. The molecule has 3 N–H and O–H groups in total. The highest BCUT2D eigenvalue weighted by molar-refractivity contribution is 5.95. The van der Waals surface area contributed by atoms with Crippen LogP contribution >= 0.6 is 0 Å². The summed E-state index contributed by atoms with van der Waals surface area (Å²) in [5.74, 6) is 3.37. The zero-order chi connectivity index (χ0) is 22.8. The summed E-state index contributed by atoms with van der Waals surface area (Å²) in [5, 5.41) is 8.48. The van der Waals surface area contributed by atoms with E-state index >= 15 is 0 Å². The normalized spacial score (nSPS) is 15.6. The fourth-order valence-corrected chi connectivity index (χ4v) is 3.84. The maximum absolute atomic E-state index is 14.8. The molecule has 168 valence electrons. The highest BCUT2D eigenvalue weighted by Crippen LogP contribution is 2.32. The molecule has 1 aliphatic heterocycles. The molecular formula is C22H23F2N5O3. The van der Waals surface area contributed by atoms with Gasteiger partial charge < -0.3 is 25.3 Å². The molecule has 3 heterocycles. The zero-order valence-corrected chi connectivity index (χ0v) is 18.0. The number of anilines is 1. The van der Waals surface area contributed by atoms with Gasteiger partial charge in [0, 0.05) is 31.5 Å². The number of fused-ring (bicyclic) bond motifs is 1. The molecule has 4 rings (SSSR count). The Morgan fingerprint density at radius 3 is 2.50 bits per heavy atom. The van der Waals surface area contributed by atoms with Crippen molar-refractivity contribution in [3.63, 3.8) is 0 Å². The molecule has 0 radical (unpaired) electrons. The predicted molar refractivity (Wildman–Crippen MR) is 115 cm³/mol. The number of ether oxygens (including phenoxy) is 3. The third kappa shape index (κ3) is 3.70. The van der Waals surface area contributed by atoms with Crippen LogP contribution in [0.3, 0.4) is 0 Å². The summed E-state index contributed by atoms with van der Waals surface area (Å²) in [6.07, 6.45) is 2.51. The molecule has 0 saturated carbocycles. The molecular weight excluding hydrogens is 420 g/mol. The molecule has 0 unspecified atom stereocenters. The van der Waals surface area contributed by atoms with E-state index in [0.717, 1.165) is 36.7 Å². The van der Waals surface area contributed by atoms with Gasteiger partial charge in [0.1, 0.15) is 17.1 Å². The maximum atomic E-state index is 14.8. The quantitative estimate of drug-likeness (QED) is 0.585. The number of nitrogens with one attached hydrogen (secondary N) is 1. The van der Waals surface area contributed by atoms with E-state index in [1.165, 1.54) is 14.2 Å². The number of benzene rings is 1. The maximum Gasteiger partial charge on any atom is 0.183 e. The van der Waals surface area contributed by atoms with Gasteiger partial charge in [0.2, 0.25) is 0 Å². The van der Waals surface area contributed by atoms with Crippen LogP contribution < -0.4 is 20.5 Å². The first-order chi connectivity index (χ1) is 15.5. The number of nitrogens with zero attached hydrogens (tertiary/aromatic N) is 3. The van der Waals surface area contributed by atoms with Crippen molar-refractivity contribution in [2.75, 3.05) is 40.2 Å². The first-order valence-corrected chi connectivity index (χ1v) is 9.97. The van der Waals surface area contributed by atoms with Crippen LogP contribution in [0.1, 0.15) is 29.3 Å². The average Bonchev–Trinajstić information content (AvgIpc) is 3.44. The third-order valence-corrected chi connectivity index (χ3v) is 5.39. The van der Waals surface area contributed by atoms with Crippen molar-refractivity contribution in [3.05, 3.63) is 40.7 Å². The van der Waals surface area contributed by atoms with E-state index in [1.807, 2.05) is 4.68 Å². The van der Waals surface area contributed by atoms with E-state index in [2.05, 4.69) is 27.2 Å². The molecule has 0 amide bonds. The summed E-state index contributed by atoms with van der Waals surface area (Å²) in [6, 6.07) is 1.21. The van der Waals surface area contributed by atoms with Crippen LogP contribution in [0, 0.1) is 23.5 Å². The minimum absolute atomic E-state index is 0.0795. The number of nitrogen functional groups attached to an aromatic ring is 1. The van der Waals surface area contributed by atoms with Gasteiger partial charge in [-0.25, -0.2) is 13.8 Å². The number of pyridine rings is 1. The summed E-state index contributed by atoms with van der Waals surface area (Å²) in [4.78, 5) is 4.24. The summed E-state index contributed by atoms with van der Waals surface area (Å²) in [7, 11) is 4.14. The third-order valence-electron chi connectivity index (χ3n) is 5.39. The number of halogens is 2. The molecule has 8 nitrogen and oxygen atoms in total. The molecule has 0 spiro atoms. The van der Waals surface area contributed by atoms with Gasteiger partial charge in [-0.2, -0.15) is 5.10 Å². The van der Waals surface area contributed by atoms with Gasteiger partial charge in [-0.05, 0) is 18.9 Å². The Morgan fingerprint density at radius 1 is 1.19 bits per heavy atom. The van der Waals surface area contributed by atoms with E-state index < -0.39 is 17.2 Å². The number of methoxy groups -OCH3 is 3. The largest absolute Gasteiger partial charge is 0.493 e. The monoisotopic (exact) mass is 443 g/mol. The summed E-state index contributed by atoms with van der Waals surface area (Å²) in [6.45, 7) is 1.89. The second-order valence-corrected chi connectivity index (χ2v) is 7.30. The van der Waals surface area contributed by atoms with Crippen LogP contribution in [0.2, 0.25) is 0 Å². The molecule has 32 heavy (non-hydrogen) atoms. The smallest absolute Gasteiger partial charge is 0.183 e. The van der Waals surface area contributed by atoms with Crippen LogP contribution in [0.25, 0.3) is 10.9 Å². The lowest BCUT2D eigenvalue weighted by Crippen LogP contribution is -2.15. The molecule has 10 heteroatoms. The Hall–Kier alpha value is -3.42. The van der Waals surface area contributed by atoms with Crippen molar-refractivity contribution in [3.8, 4) is 23.3 Å². The highest BCUT2D eigenvalue weighted by Gasteiger charge is 2.25. The van der Waals surface area contributed by atoms with Gasteiger partial charge in [-0.15, -0.1) is 0 Å². The van der Waals surface area contributed by atoms with Gasteiger partial charge in [-0.1, -0.05) is 5.92 Å². The molecule has 1 aromatic carbocycles. The van der Waals surface area contributed by atoms with E-state index in [4.69, 9.17) is 19.9 Å². The first-order valence-electron chi connectivity index (χ1n) is 9.97. The number of hydrogen-bond acceptors (Lipinski definition) is 7. The fourth-order valence-electron chi connectivity index (χ4n) is 3.84. The van der Waals surface area contributed by atoms with Crippen molar-refractivity contribution < 1.29 is 23.0 Å². The second kappa shape index (κ2) is 8.98. The molecule has 2 aromatic heterocycles. The standard InChI is InChI=1S/C22H23F2N5O3/c1-30-11-12-9-27-22(25)18-15(28-29(21(12)18)13-6-7-26-10-13)5-4-14-19(23)16(31-2)8-17(32-3)20(14)24/h8-9,13,26H,6-7,10-11H2,1-3H3,(H2,25,27)/t13-/m0/s1. The van der Waals surface area contributed by atoms with Gasteiger partial charge in [-0.3, -0.25) is 4.68 Å². The first kappa shape index (κ1) is 21.8. The molecule has 1 saturated heterocycles. The average molecular weight is 443 g/mol. The number of hydrogen-bond donors (Lipinski definition) is 2. The van der Waals surface area contributed by atoms with Crippen LogP contribution in [0.4, 0.5) is 14.6 Å². The fraction of sp³-hybridized carbons (Fsp3) is 0.364. The predicted octanol–water partition coefficient (Wildman–Crippen LogP) is 2.39. The SMILES string of the molecule is COCc1cnc(N)c2c(C#Cc3c(F)c(OC)cc(OC)c3F)nn([C@H]3CCNC3)c12. The number of aromatic nitrogens is 3. The molecule has 1 fully saturated rings. The Labute approximate surface area is 183 Å². The lowest BCUT2D eigenvalue weighted by molar-refractivity contribution is 0.185. The lowest BCUT2D eigenvalue weighted by Gasteiger charge is -2.13. The van der Waals surface area contributed by atoms with Crippen LogP contribution in [0.5, 0.6) is 11.5 Å². The van der Waals surface area contributed by atoms with Gasteiger partial charge >= 0.3 is 0 Å². The van der Waals surface area contributed by atoms with Crippen molar-refractivity contribution in [1.29, 1.82) is 0 Å². The van der Waals surface area contributed by atoms with Crippen molar-refractivity contribution in [2.24, 2.45) is 0 Å². The van der Waals surface area contributed by atoms with Gasteiger partial charge in [0.25, 0.3) is 0 Å². The number of nitrogens with two attached hydrogens (primary N) is 1. The van der Waals surface area contributed by atoms with E-state index in [-0.39, 0.29) is 29.1 Å². The van der Waals surface area contributed by atoms with Gasteiger partial charge in [0.15, 0.2) is 23.1 Å². The topological polar surface area (TPSA) is 96.5 Å². The molecule has 1 aliphatic rings. The summed E-state index contributed by atoms with van der Waals surface area (Å²) >= 11 is 0. The number of rotatable bonds is 5.